The molecule has 0 bridgehead atoms. The molecule has 0 amide bonds. The molecule has 1 aliphatic heterocycles. The Bertz CT molecular complexity index is 521. The Kier molecular flexibility index (Phi) is 4.45. The number of halogens is 1. The van der Waals surface area contributed by atoms with Crippen molar-refractivity contribution in [1.82, 2.24) is 9.21 Å². The van der Waals surface area contributed by atoms with Crippen LogP contribution in [0, 0.1) is 0 Å². The van der Waals surface area contributed by atoms with Crippen molar-refractivity contribution in [2.75, 3.05) is 33.2 Å². The predicted molar refractivity (Wildman–Crippen MR) is 76.2 cm³/mol. The van der Waals surface area contributed by atoms with Crippen LogP contribution in [0.2, 0.25) is 0 Å². The summed E-state index contributed by atoms with van der Waals surface area (Å²) in [4.78, 5) is 3.34. The van der Waals surface area contributed by atoms with Crippen molar-refractivity contribution >= 4 is 37.3 Å². The first-order chi connectivity index (χ1) is 8.45. The van der Waals surface area contributed by atoms with Crippen molar-refractivity contribution in [2.24, 2.45) is 5.73 Å². The van der Waals surface area contributed by atoms with E-state index in [4.69, 9.17) is 5.73 Å². The van der Waals surface area contributed by atoms with Crippen LogP contribution in [0.4, 0.5) is 0 Å². The zero-order chi connectivity index (χ0) is 13.3. The van der Waals surface area contributed by atoms with Gasteiger partial charge >= 0.3 is 0 Å². The highest BCUT2D eigenvalue weighted by Crippen LogP contribution is 2.33. The monoisotopic (exact) mass is 353 g/mol. The average molecular weight is 354 g/mol. The molecule has 1 saturated heterocycles. The fraction of sp³-hybridized carbons (Fsp3) is 0.600. The molecule has 0 unspecified atom stereocenters. The summed E-state index contributed by atoms with van der Waals surface area (Å²) in [6.07, 6.45) is 0. The van der Waals surface area contributed by atoms with E-state index in [9.17, 15) is 8.42 Å². The molecule has 2 rings (SSSR count). The van der Waals surface area contributed by atoms with E-state index in [2.05, 4.69) is 20.8 Å². The van der Waals surface area contributed by atoms with Crippen molar-refractivity contribution in [3.8, 4) is 0 Å². The summed E-state index contributed by atoms with van der Waals surface area (Å²) in [5.41, 5.74) is 5.55. The van der Waals surface area contributed by atoms with Crippen LogP contribution in [0.1, 0.15) is 4.88 Å². The molecule has 2 heterocycles. The van der Waals surface area contributed by atoms with Crippen LogP contribution in [0.15, 0.2) is 14.7 Å². The molecule has 1 aliphatic rings. The smallest absolute Gasteiger partial charge is 0.245 e. The fourth-order valence-corrected chi connectivity index (χ4v) is 5.78. The Morgan fingerprint density at radius 3 is 2.50 bits per heavy atom. The SMILES string of the molecule is CN1CCN(S(=O)(=O)c2cc(CN)sc2Br)CC1. The van der Waals surface area contributed by atoms with Crippen LogP contribution < -0.4 is 5.73 Å². The van der Waals surface area contributed by atoms with E-state index in [1.807, 2.05) is 7.05 Å². The van der Waals surface area contributed by atoms with Crippen molar-refractivity contribution < 1.29 is 8.42 Å². The van der Waals surface area contributed by atoms with Gasteiger partial charge in [-0.25, -0.2) is 8.42 Å². The topological polar surface area (TPSA) is 66.6 Å². The molecule has 0 aliphatic carbocycles. The number of hydrogen-bond acceptors (Lipinski definition) is 5. The number of nitrogens with two attached hydrogens (primary N) is 1. The summed E-state index contributed by atoms with van der Waals surface area (Å²) in [5, 5.41) is 0. The maximum absolute atomic E-state index is 12.5. The summed E-state index contributed by atoms with van der Waals surface area (Å²) >= 11 is 4.70. The summed E-state index contributed by atoms with van der Waals surface area (Å²) in [6, 6.07) is 1.67. The lowest BCUT2D eigenvalue weighted by Gasteiger charge is -2.31. The van der Waals surface area contributed by atoms with E-state index in [0.717, 1.165) is 18.0 Å². The normalized spacial score (nSPS) is 19.3. The first-order valence-electron chi connectivity index (χ1n) is 5.62. The Hall–Kier alpha value is 0.01000. The summed E-state index contributed by atoms with van der Waals surface area (Å²) in [7, 11) is -1.39. The number of nitrogens with zero attached hydrogens (tertiary/aromatic N) is 2. The van der Waals surface area contributed by atoms with E-state index >= 15 is 0 Å². The highest BCUT2D eigenvalue weighted by atomic mass is 79.9. The van der Waals surface area contributed by atoms with Crippen molar-refractivity contribution in [1.29, 1.82) is 0 Å². The average Bonchev–Trinajstić information content (AvgIpc) is 2.72. The van der Waals surface area contributed by atoms with Gasteiger partial charge in [0.15, 0.2) is 0 Å². The van der Waals surface area contributed by atoms with Crippen LogP contribution >= 0.6 is 27.3 Å². The molecule has 8 heteroatoms. The molecule has 2 N–H and O–H groups in total. The Balaban J connectivity index is 2.27. The molecule has 18 heavy (non-hydrogen) atoms. The summed E-state index contributed by atoms with van der Waals surface area (Å²) in [6.45, 7) is 2.98. The summed E-state index contributed by atoms with van der Waals surface area (Å²) < 4.78 is 27.2. The molecular formula is C10H16BrN3O2S2. The van der Waals surface area contributed by atoms with Gasteiger partial charge in [-0.2, -0.15) is 4.31 Å². The van der Waals surface area contributed by atoms with Gasteiger partial charge in [-0.15, -0.1) is 11.3 Å². The molecule has 0 radical (unpaired) electrons. The van der Waals surface area contributed by atoms with E-state index < -0.39 is 10.0 Å². The third-order valence-electron chi connectivity index (χ3n) is 2.99. The molecule has 5 nitrogen and oxygen atoms in total. The minimum absolute atomic E-state index is 0.345. The highest BCUT2D eigenvalue weighted by Gasteiger charge is 2.30. The van der Waals surface area contributed by atoms with Gasteiger partial charge in [0.1, 0.15) is 4.90 Å². The van der Waals surface area contributed by atoms with Gasteiger partial charge in [-0.3, -0.25) is 0 Å². The lowest BCUT2D eigenvalue weighted by Crippen LogP contribution is -2.46. The van der Waals surface area contributed by atoms with E-state index in [1.165, 1.54) is 11.3 Å². The molecule has 1 fully saturated rings. The number of piperazine rings is 1. The Labute approximate surface area is 120 Å². The maximum Gasteiger partial charge on any atom is 0.245 e. The van der Waals surface area contributed by atoms with Gasteiger partial charge in [0.2, 0.25) is 10.0 Å². The van der Waals surface area contributed by atoms with Crippen LogP contribution in [-0.4, -0.2) is 50.8 Å². The van der Waals surface area contributed by atoms with E-state index in [-0.39, 0.29) is 0 Å². The quantitative estimate of drug-likeness (QED) is 0.876. The minimum Gasteiger partial charge on any atom is -0.326 e. The molecular weight excluding hydrogens is 338 g/mol. The predicted octanol–water partition coefficient (Wildman–Crippen LogP) is 0.905. The van der Waals surface area contributed by atoms with Gasteiger partial charge in [0, 0.05) is 37.6 Å². The fourth-order valence-electron chi connectivity index (χ4n) is 1.84. The van der Waals surface area contributed by atoms with Gasteiger partial charge in [-0.05, 0) is 29.0 Å². The zero-order valence-electron chi connectivity index (χ0n) is 10.1. The Morgan fingerprint density at radius 1 is 1.39 bits per heavy atom. The molecule has 0 saturated carbocycles. The number of thiophene rings is 1. The van der Waals surface area contributed by atoms with Crippen LogP contribution in [0.3, 0.4) is 0 Å². The second-order valence-electron chi connectivity index (χ2n) is 4.26. The molecule has 1 aromatic heterocycles. The number of sulfonamides is 1. The molecule has 0 atom stereocenters. The van der Waals surface area contributed by atoms with Crippen molar-refractivity contribution in [3.63, 3.8) is 0 Å². The second kappa shape index (κ2) is 5.56. The van der Waals surface area contributed by atoms with Crippen LogP contribution in [-0.2, 0) is 16.6 Å². The number of hydrogen-bond donors (Lipinski definition) is 1. The van der Waals surface area contributed by atoms with Crippen molar-refractivity contribution in [2.45, 2.75) is 11.4 Å². The molecule has 0 spiro atoms. The lowest BCUT2D eigenvalue weighted by atomic mass is 10.4. The van der Waals surface area contributed by atoms with Gasteiger partial charge < -0.3 is 10.6 Å². The van der Waals surface area contributed by atoms with Crippen molar-refractivity contribution in [3.05, 3.63) is 14.7 Å². The van der Waals surface area contributed by atoms with Crippen LogP contribution in [0.25, 0.3) is 0 Å². The number of likely N-dealkylation sites (N-methyl/N-ethyl adjacent to an activating group) is 1. The molecule has 0 aromatic carbocycles. The lowest BCUT2D eigenvalue weighted by molar-refractivity contribution is 0.222. The second-order valence-corrected chi connectivity index (χ2v) is 8.62. The van der Waals surface area contributed by atoms with Gasteiger partial charge in [0.05, 0.1) is 3.79 Å². The first kappa shape index (κ1) is 14.4. The number of rotatable bonds is 3. The largest absolute Gasteiger partial charge is 0.326 e. The molecule has 1 aromatic rings. The van der Waals surface area contributed by atoms with Crippen LogP contribution in [0.5, 0.6) is 0 Å². The standard InChI is InChI=1S/C10H16BrN3O2S2/c1-13-2-4-14(5-3-13)18(15,16)9-6-8(7-12)17-10(9)11/h6H,2-5,7,12H2,1H3. The van der Waals surface area contributed by atoms with E-state index in [0.29, 0.717) is 28.3 Å². The van der Waals surface area contributed by atoms with Gasteiger partial charge in [0.25, 0.3) is 0 Å². The van der Waals surface area contributed by atoms with E-state index in [1.54, 1.807) is 10.4 Å². The maximum atomic E-state index is 12.5. The summed E-state index contributed by atoms with van der Waals surface area (Å²) in [5.74, 6) is 0. The highest BCUT2D eigenvalue weighted by molar-refractivity contribution is 9.11. The first-order valence-corrected chi connectivity index (χ1v) is 8.67. The zero-order valence-corrected chi connectivity index (χ0v) is 13.3. The molecule has 102 valence electrons. The van der Waals surface area contributed by atoms with Gasteiger partial charge in [-0.1, -0.05) is 0 Å². The third kappa shape index (κ3) is 2.78. The Morgan fingerprint density at radius 2 is 2.00 bits per heavy atom. The minimum atomic E-state index is -3.39. The third-order valence-corrected chi connectivity index (χ3v) is 7.16.